The van der Waals surface area contributed by atoms with E-state index in [9.17, 15) is 8.42 Å². The topological polar surface area (TPSA) is 73.2 Å². The lowest BCUT2D eigenvalue weighted by atomic mass is 10.1. The van der Waals surface area contributed by atoms with Gasteiger partial charge in [0.2, 0.25) is 10.0 Å². The fraction of sp³-hybridized carbons (Fsp3) is 0.533. The maximum atomic E-state index is 12.2. The molecule has 22 heavy (non-hydrogen) atoms. The average Bonchev–Trinajstić information content (AvgIpc) is 2.84. The van der Waals surface area contributed by atoms with Crippen LogP contribution in [0.4, 0.5) is 5.69 Å². The Morgan fingerprint density at radius 2 is 2.14 bits per heavy atom. The minimum atomic E-state index is -3.34. The minimum Gasteiger partial charge on any atom is -0.385 e. The highest BCUT2D eigenvalue weighted by molar-refractivity contribution is 7.92. The first kappa shape index (κ1) is 16.8. The molecule has 0 aliphatic carbocycles. The zero-order valence-electron chi connectivity index (χ0n) is 13.2. The standard InChI is InChI=1S/C15H23N3O3S/c1-12(6-8-21-3)7-9-22(19,20)17-14-5-4-13-11-16-18(2)15(13)10-14/h4-5,10-12,17H,6-9H2,1-3H3. The summed E-state index contributed by atoms with van der Waals surface area (Å²) < 4.78 is 33.7. The molecular formula is C15H23N3O3S. The van der Waals surface area contributed by atoms with Gasteiger partial charge in [-0.25, -0.2) is 8.42 Å². The average molecular weight is 325 g/mol. The number of rotatable bonds is 8. The van der Waals surface area contributed by atoms with Gasteiger partial charge < -0.3 is 4.74 Å². The number of anilines is 1. The van der Waals surface area contributed by atoms with Crippen LogP contribution in [0.25, 0.3) is 10.9 Å². The summed E-state index contributed by atoms with van der Waals surface area (Å²) in [6, 6.07) is 5.42. The number of hydrogen-bond acceptors (Lipinski definition) is 4. The van der Waals surface area contributed by atoms with E-state index >= 15 is 0 Å². The summed E-state index contributed by atoms with van der Waals surface area (Å²) in [4.78, 5) is 0. The molecule has 0 amide bonds. The fourth-order valence-electron chi connectivity index (χ4n) is 2.26. The number of fused-ring (bicyclic) bond motifs is 1. The minimum absolute atomic E-state index is 0.112. The monoisotopic (exact) mass is 325 g/mol. The van der Waals surface area contributed by atoms with E-state index in [1.54, 1.807) is 30.1 Å². The van der Waals surface area contributed by atoms with Crippen molar-refractivity contribution in [3.05, 3.63) is 24.4 Å². The molecule has 0 fully saturated rings. The summed E-state index contributed by atoms with van der Waals surface area (Å²) in [6.07, 6.45) is 3.24. The second-order valence-electron chi connectivity index (χ2n) is 5.64. The Kier molecular flexibility index (Phi) is 5.42. The first-order valence-electron chi connectivity index (χ1n) is 7.32. The van der Waals surface area contributed by atoms with E-state index in [2.05, 4.69) is 9.82 Å². The highest BCUT2D eigenvalue weighted by Crippen LogP contribution is 2.20. The van der Waals surface area contributed by atoms with Crippen LogP contribution in [0.5, 0.6) is 0 Å². The first-order chi connectivity index (χ1) is 10.4. The van der Waals surface area contributed by atoms with E-state index < -0.39 is 10.0 Å². The van der Waals surface area contributed by atoms with Gasteiger partial charge in [-0.05, 0) is 37.0 Å². The number of methoxy groups -OCH3 is 1. The van der Waals surface area contributed by atoms with Crippen LogP contribution < -0.4 is 4.72 Å². The number of hydrogen-bond donors (Lipinski definition) is 1. The number of ether oxygens (including phenoxy) is 1. The lowest BCUT2D eigenvalue weighted by molar-refractivity contribution is 0.179. The molecule has 6 nitrogen and oxygen atoms in total. The van der Waals surface area contributed by atoms with Crippen LogP contribution in [0.2, 0.25) is 0 Å². The Morgan fingerprint density at radius 1 is 1.36 bits per heavy atom. The number of aromatic nitrogens is 2. The summed E-state index contributed by atoms with van der Waals surface area (Å²) in [5, 5.41) is 5.13. The molecule has 0 spiro atoms. The smallest absolute Gasteiger partial charge is 0.232 e. The molecule has 0 aliphatic heterocycles. The van der Waals surface area contributed by atoms with Gasteiger partial charge in [0.25, 0.3) is 0 Å². The van der Waals surface area contributed by atoms with Crippen molar-refractivity contribution in [3.8, 4) is 0 Å². The third-order valence-corrected chi connectivity index (χ3v) is 5.04. The van der Waals surface area contributed by atoms with Crippen LogP contribution in [0.1, 0.15) is 19.8 Å². The third-order valence-electron chi connectivity index (χ3n) is 3.72. The molecule has 1 N–H and O–H groups in total. The Labute approximate surface area is 131 Å². The van der Waals surface area contributed by atoms with E-state index in [-0.39, 0.29) is 5.75 Å². The maximum Gasteiger partial charge on any atom is 0.232 e. The number of benzene rings is 1. The van der Waals surface area contributed by atoms with Gasteiger partial charge >= 0.3 is 0 Å². The van der Waals surface area contributed by atoms with Crippen LogP contribution in [0, 0.1) is 5.92 Å². The van der Waals surface area contributed by atoms with Crippen LogP contribution >= 0.6 is 0 Å². The number of sulfonamides is 1. The molecule has 1 aromatic carbocycles. The molecule has 2 aromatic rings. The quantitative estimate of drug-likeness (QED) is 0.809. The summed E-state index contributed by atoms with van der Waals surface area (Å²) >= 11 is 0. The van der Waals surface area contributed by atoms with Crippen molar-refractivity contribution in [2.75, 3.05) is 24.2 Å². The summed E-state index contributed by atoms with van der Waals surface area (Å²) in [5.74, 6) is 0.428. The van der Waals surface area contributed by atoms with Crippen LogP contribution in [0.15, 0.2) is 24.4 Å². The van der Waals surface area contributed by atoms with Crippen molar-refractivity contribution in [1.29, 1.82) is 0 Å². The molecule has 1 unspecified atom stereocenters. The predicted octanol–water partition coefficient (Wildman–Crippen LogP) is 2.38. The Morgan fingerprint density at radius 3 is 2.86 bits per heavy atom. The molecule has 0 aliphatic rings. The van der Waals surface area contributed by atoms with Gasteiger partial charge in [0, 0.05) is 26.2 Å². The van der Waals surface area contributed by atoms with E-state index in [1.807, 2.05) is 20.0 Å². The molecule has 1 aromatic heterocycles. The zero-order valence-corrected chi connectivity index (χ0v) is 14.1. The van der Waals surface area contributed by atoms with Crippen molar-refractivity contribution in [2.24, 2.45) is 13.0 Å². The third kappa shape index (κ3) is 4.45. The molecule has 122 valence electrons. The van der Waals surface area contributed by atoms with Gasteiger partial charge in [-0.1, -0.05) is 6.92 Å². The summed E-state index contributed by atoms with van der Waals surface area (Å²) in [6.45, 7) is 2.70. The summed E-state index contributed by atoms with van der Waals surface area (Å²) in [5.41, 5.74) is 1.47. The maximum absolute atomic E-state index is 12.2. The molecule has 1 heterocycles. The molecule has 7 heteroatoms. The van der Waals surface area contributed by atoms with Gasteiger partial charge in [0.1, 0.15) is 0 Å². The molecule has 0 saturated carbocycles. The van der Waals surface area contributed by atoms with Crippen molar-refractivity contribution in [1.82, 2.24) is 9.78 Å². The van der Waals surface area contributed by atoms with E-state index in [1.165, 1.54) is 0 Å². The van der Waals surface area contributed by atoms with Crippen molar-refractivity contribution in [3.63, 3.8) is 0 Å². The zero-order chi connectivity index (χ0) is 16.2. The molecular weight excluding hydrogens is 302 g/mol. The van der Waals surface area contributed by atoms with Crippen molar-refractivity contribution < 1.29 is 13.2 Å². The number of nitrogens with zero attached hydrogens (tertiary/aromatic N) is 2. The van der Waals surface area contributed by atoms with E-state index in [0.717, 1.165) is 17.3 Å². The van der Waals surface area contributed by atoms with E-state index in [0.29, 0.717) is 24.6 Å². The predicted molar refractivity (Wildman–Crippen MR) is 88.4 cm³/mol. The van der Waals surface area contributed by atoms with Crippen LogP contribution in [0.3, 0.4) is 0 Å². The number of aryl methyl sites for hydroxylation is 1. The normalized spacial score (nSPS) is 13.4. The second kappa shape index (κ2) is 7.11. The fourth-order valence-corrected chi connectivity index (χ4v) is 3.56. The van der Waals surface area contributed by atoms with Gasteiger partial charge in [-0.15, -0.1) is 0 Å². The number of nitrogens with one attached hydrogen (secondary N) is 1. The van der Waals surface area contributed by atoms with Gasteiger partial charge in [0.15, 0.2) is 0 Å². The van der Waals surface area contributed by atoms with Gasteiger partial charge in [-0.3, -0.25) is 9.40 Å². The summed E-state index contributed by atoms with van der Waals surface area (Å²) in [7, 11) is 0.144. The largest absolute Gasteiger partial charge is 0.385 e. The van der Waals surface area contributed by atoms with Crippen LogP contribution in [-0.2, 0) is 21.8 Å². The Bertz CT molecular complexity index is 725. The van der Waals surface area contributed by atoms with Gasteiger partial charge in [-0.2, -0.15) is 5.10 Å². The highest BCUT2D eigenvalue weighted by Gasteiger charge is 2.14. The molecule has 0 radical (unpaired) electrons. The molecule has 1 atom stereocenters. The Balaban J connectivity index is 1.99. The van der Waals surface area contributed by atoms with E-state index in [4.69, 9.17) is 4.74 Å². The van der Waals surface area contributed by atoms with Crippen molar-refractivity contribution in [2.45, 2.75) is 19.8 Å². The molecule has 0 saturated heterocycles. The SMILES string of the molecule is COCCC(C)CCS(=O)(=O)Nc1ccc2cnn(C)c2c1. The first-order valence-corrected chi connectivity index (χ1v) is 8.97. The van der Waals surface area contributed by atoms with Crippen molar-refractivity contribution >= 4 is 26.6 Å². The second-order valence-corrected chi connectivity index (χ2v) is 7.48. The van der Waals surface area contributed by atoms with Crippen LogP contribution in [-0.4, -0.2) is 37.7 Å². The lowest BCUT2D eigenvalue weighted by Gasteiger charge is -2.12. The lowest BCUT2D eigenvalue weighted by Crippen LogP contribution is -2.18. The van der Waals surface area contributed by atoms with Gasteiger partial charge in [0.05, 0.1) is 23.2 Å². The highest BCUT2D eigenvalue weighted by atomic mass is 32.2. The molecule has 0 bridgehead atoms. The Hall–Kier alpha value is -1.60. The molecule has 2 rings (SSSR count).